The summed E-state index contributed by atoms with van der Waals surface area (Å²) in [7, 11) is 0. The highest BCUT2D eigenvalue weighted by molar-refractivity contribution is 5.91. The number of hydrogen-bond acceptors (Lipinski definition) is 9. The number of ether oxygens (including phenoxy) is 4. The quantitative estimate of drug-likeness (QED) is 0.256. The molecule has 0 aliphatic carbocycles. The zero-order valence-corrected chi connectivity index (χ0v) is 21.5. The molecule has 0 amide bonds. The second-order valence-corrected chi connectivity index (χ2v) is 9.02. The Morgan fingerprint density at radius 1 is 0.683 bits per heavy atom. The van der Waals surface area contributed by atoms with Gasteiger partial charge in [0.2, 0.25) is 0 Å². The second kappa shape index (κ2) is 12.3. The first-order chi connectivity index (χ1) is 19.9. The minimum Gasteiger partial charge on any atom is -0.459 e. The molecule has 0 spiro atoms. The Bertz CT molecular complexity index is 1640. The molecule has 41 heavy (non-hydrogen) atoms. The first kappa shape index (κ1) is 27.3. The van der Waals surface area contributed by atoms with Crippen molar-refractivity contribution in [3.05, 3.63) is 141 Å². The molecule has 0 radical (unpaired) electrons. The predicted molar refractivity (Wildman–Crippen MR) is 143 cm³/mol. The lowest BCUT2D eigenvalue weighted by Crippen LogP contribution is -2.43. The number of rotatable bonds is 8. The number of carbonyl (C=O) groups is 3. The van der Waals surface area contributed by atoms with E-state index in [9.17, 15) is 24.0 Å². The summed E-state index contributed by atoms with van der Waals surface area (Å²) in [4.78, 5) is 65.5. The minimum atomic E-state index is -1.38. The summed E-state index contributed by atoms with van der Waals surface area (Å²) < 4.78 is 24.1. The molecule has 4 aromatic rings. The van der Waals surface area contributed by atoms with Crippen molar-refractivity contribution in [3.8, 4) is 0 Å². The van der Waals surface area contributed by atoms with Crippen LogP contribution in [0, 0.1) is 0 Å². The van der Waals surface area contributed by atoms with E-state index >= 15 is 0 Å². The van der Waals surface area contributed by atoms with E-state index in [1.54, 1.807) is 66.7 Å². The molecule has 1 saturated heterocycles. The van der Waals surface area contributed by atoms with Crippen LogP contribution in [-0.4, -0.2) is 52.4 Å². The Morgan fingerprint density at radius 2 is 1.17 bits per heavy atom. The van der Waals surface area contributed by atoms with Crippen molar-refractivity contribution in [3.63, 3.8) is 0 Å². The van der Waals surface area contributed by atoms with Crippen LogP contribution in [0.3, 0.4) is 0 Å². The number of H-pyrrole nitrogens is 1. The molecule has 0 bridgehead atoms. The van der Waals surface area contributed by atoms with Gasteiger partial charge in [0.25, 0.3) is 5.56 Å². The van der Waals surface area contributed by atoms with Gasteiger partial charge in [-0.05, 0) is 36.4 Å². The summed E-state index contributed by atoms with van der Waals surface area (Å²) in [6.45, 7) is -0.408. The SMILES string of the molecule is O=C(OC[C@@H]1O[C@@H](n2ccc(=O)[nH]c2=O)[C@@H](OC(=O)c2ccccc2)[C@@H]1OC(=O)c1ccccc1)c1ccccc1. The number of aromatic amines is 1. The maximum atomic E-state index is 13.1. The zero-order valence-electron chi connectivity index (χ0n) is 21.5. The summed E-state index contributed by atoms with van der Waals surface area (Å²) in [6.07, 6.45) is -4.03. The molecule has 1 N–H and O–H groups in total. The summed E-state index contributed by atoms with van der Waals surface area (Å²) in [5, 5.41) is 0. The van der Waals surface area contributed by atoms with Crippen LogP contribution in [0.1, 0.15) is 37.3 Å². The number of nitrogens with zero attached hydrogens (tertiary/aromatic N) is 1. The molecule has 5 rings (SSSR count). The topological polar surface area (TPSA) is 143 Å². The Kier molecular flexibility index (Phi) is 8.16. The summed E-state index contributed by atoms with van der Waals surface area (Å²) in [5.74, 6) is -2.19. The molecule has 0 unspecified atom stereocenters. The predicted octanol–water partition coefficient (Wildman–Crippen LogP) is 2.74. The second-order valence-electron chi connectivity index (χ2n) is 9.02. The fraction of sp³-hybridized carbons (Fsp3) is 0.167. The monoisotopic (exact) mass is 556 g/mol. The Morgan fingerprint density at radius 3 is 1.68 bits per heavy atom. The van der Waals surface area contributed by atoms with Crippen LogP contribution in [-0.2, 0) is 18.9 Å². The maximum absolute atomic E-state index is 13.1. The van der Waals surface area contributed by atoms with Crippen LogP contribution in [0.5, 0.6) is 0 Å². The molecular weight excluding hydrogens is 532 g/mol. The van der Waals surface area contributed by atoms with Gasteiger partial charge in [0.05, 0.1) is 16.7 Å². The summed E-state index contributed by atoms with van der Waals surface area (Å²) in [5.41, 5.74) is -0.804. The molecule has 1 aliphatic rings. The van der Waals surface area contributed by atoms with Gasteiger partial charge in [0.1, 0.15) is 12.7 Å². The number of benzene rings is 3. The molecular formula is C30H24N2O9. The van der Waals surface area contributed by atoms with E-state index in [-0.39, 0.29) is 16.7 Å². The van der Waals surface area contributed by atoms with E-state index < -0.39 is 60.3 Å². The molecule has 3 aromatic carbocycles. The van der Waals surface area contributed by atoms with Crippen LogP contribution < -0.4 is 11.2 Å². The van der Waals surface area contributed by atoms with Crippen LogP contribution in [0.4, 0.5) is 0 Å². The lowest BCUT2D eigenvalue weighted by molar-refractivity contribution is -0.0640. The molecule has 0 saturated carbocycles. The first-order valence-electron chi connectivity index (χ1n) is 12.6. The Labute approximate surface area is 232 Å². The Hall–Kier alpha value is -5.29. The van der Waals surface area contributed by atoms with Gasteiger partial charge in [-0.2, -0.15) is 0 Å². The highest BCUT2D eigenvalue weighted by Gasteiger charge is 2.51. The van der Waals surface area contributed by atoms with Crippen LogP contribution >= 0.6 is 0 Å². The van der Waals surface area contributed by atoms with E-state index in [2.05, 4.69) is 4.98 Å². The molecule has 2 heterocycles. The number of nitrogens with one attached hydrogen (secondary N) is 1. The maximum Gasteiger partial charge on any atom is 0.338 e. The van der Waals surface area contributed by atoms with Crippen molar-refractivity contribution in [1.29, 1.82) is 0 Å². The van der Waals surface area contributed by atoms with Crippen molar-refractivity contribution >= 4 is 17.9 Å². The molecule has 1 fully saturated rings. The van der Waals surface area contributed by atoms with Crippen molar-refractivity contribution in [2.45, 2.75) is 24.5 Å². The van der Waals surface area contributed by atoms with Gasteiger partial charge in [-0.1, -0.05) is 54.6 Å². The van der Waals surface area contributed by atoms with Gasteiger partial charge < -0.3 is 18.9 Å². The number of aromatic nitrogens is 2. The van der Waals surface area contributed by atoms with Crippen molar-refractivity contribution in [2.24, 2.45) is 0 Å². The molecule has 11 nitrogen and oxygen atoms in total. The molecule has 1 aliphatic heterocycles. The van der Waals surface area contributed by atoms with E-state index in [0.717, 1.165) is 10.6 Å². The highest BCUT2D eigenvalue weighted by Crippen LogP contribution is 2.34. The van der Waals surface area contributed by atoms with E-state index in [4.69, 9.17) is 18.9 Å². The summed E-state index contributed by atoms with van der Waals surface area (Å²) in [6, 6.07) is 25.5. The van der Waals surface area contributed by atoms with Crippen LogP contribution in [0.2, 0.25) is 0 Å². The van der Waals surface area contributed by atoms with Crippen LogP contribution in [0.25, 0.3) is 0 Å². The van der Waals surface area contributed by atoms with Crippen LogP contribution in [0.15, 0.2) is 113 Å². The van der Waals surface area contributed by atoms with Gasteiger partial charge in [-0.15, -0.1) is 0 Å². The molecule has 208 valence electrons. The number of esters is 3. The fourth-order valence-corrected chi connectivity index (χ4v) is 4.31. The minimum absolute atomic E-state index is 0.201. The molecule has 4 atom stereocenters. The van der Waals surface area contributed by atoms with E-state index in [0.29, 0.717) is 0 Å². The standard InChI is InChI=1S/C30H24N2O9/c33-23-16-17-32(30(37)31-23)26-25(41-29(36)21-14-8-3-9-15-21)24(40-28(35)20-12-6-2-7-13-20)22(39-26)18-38-27(34)19-10-4-1-5-11-19/h1-17,22,24-26H,18H2,(H,31,33,37)/t22-,24+,25-,26+/m0/s1. The smallest absolute Gasteiger partial charge is 0.338 e. The normalized spacial score (nSPS) is 19.7. The van der Waals surface area contributed by atoms with E-state index in [1.807, 2.05) is 0 Å². The summed E-state index contributed by atoms with van der Waals surface area (Å²) >= 11 is 0. The third-order valence-corrected chi connectivity index (χ3v) is 6.30. The average Bonchev–Trinajstić information content (AvgIpc) is 3.33. The average molecular weight is 557 g/mol. The van der Waals surface area contributed by atoms with Crippen molar-refractivity contribution < 1.29 is 33.3 Å². The Balaban J connectivity index is 1.50. The van der Waals surface area contributed by atoms with Gasteiger partial charge >= 0.3 is 23.6 Å². The van der Waals surface area contributed by atoms with E-state index in [1.165, 1.54) is 30.5 Å². The van der Waals surface area contributed by atoms with Gasteiger partial charge in [0, 0.05) is 12.3 Å². The number of carbonyl (C=O) groups excluding carboxylic acids is 3. The first-order valence-corrected chi connectivity index (χ1v) is 12.6. The zero-order chi connectivity index (χ0) is 28.8. The third kappa shape index (κ3) is 6.31. The van der Waals surface area contributed by atoms with Gasteiger partial charge in [-0.3, -0.25) is 14.3 Å². The number of hydrogen-bond donors (Lipinski definition) is 1. The molecule has 11 heteroatoms. The largest absolute Gasteiger partial charge is 0.459 e. The van der Waals surface area contributed by atoms with Gasteiger partial charge in [-0.25, -0.2) is 19.2 Å². The lowest BCUT2D eigenvalue weighted by atomic mass is 10.1. The van der Waals surface area contributed by atoms with Crippen molar-refractivity contribution in [2.75, 3.05) is 6.61 Å². The van der Waals surface area contributed by atoms with Crippen molar-refractivity contribution in [1.82, 2.24) is 9.55 Å². The highest BCUT2D eigenvalue weighted by atomic mass is 16.7. The third-order valence-electron chi connectivity index (χ3n) is 6.30. The van der Waals surface area contributed by atoms with Gasteiger partial charge in [0.15, 0.2) is 18.4 Å². The lowest BCUT2D eigenvalue weighted by Gasteiger charge is -2.25. The molecule has 1 aromatic heterocycles. The fourth-order valence-electron chi connectivity index (χ4n) is 4.31.